The minimum atomic E-state index is -0.337. The van der Waals surface area contributed by atoms with Crippen LogP contribution in [-0.4, -0.2) is 4.98 Å². The van der Waals surface area contributed by atoms with Crippen LogP contribution in [0.5, 0.6) is 0 Å². The predicted molar refractivity (Wildman–Crippen MR) is 86.0 cm³/mol. The molecule has 1 fully saturated rings. The van der Waals surface area contributed by atoms with Gasteiger partial charge in [-0.15, -0.1) is 11.3 Å². The fourth-order valence-corrected chi connectivity index (χ4v) is 4.07. The van der Waals surface area contributed by atoms with Crippen LogP contribution in [0.15, 0.2) is 23.6 Å². The Morgan fingerprint density at radius 2 is 2.10 bits per heavy atom. The average Bonchev–Trinajstić information content (AvgIpc) is 2.92. The molecular formula is C16H18ClFN2S. The standard InChI is InChI=1S/C16H18ClFN2S/c1-10-4-6-16(19,7-5-10)15-20-14(9-21-15)12-3-2-11(18)8-13(12)17/h2-3,8-10H,4-7,19H2,1H3. The summed E-state index contributed by atoms with van der Waals surface area (Å²) in [4.78, 5) is 4.68. The lowest BCUT2D eigenvalue weighted by Crippen LogP contribution is -2.40. The molecule has 1 aliphatic carbocycles. The molecule has 1 heterocycles. The summed E-state index contributed by atoms with van der Waals surface area (Å²) in [6, 6.07) is 4.39. The molecule has 3 rings (SSSR count). The van der Waals surface area contributed by atoms with Crippen LogP contribution in [0.4, 0.5) is 4.39 Å². The molecule has 112 valence electrons. The first-order valence-corrected chi connectivity index (χ1v) is 8.44. The molecule has 2 N–H and O–H groups in total. The number of hydrogen-bond donors (Lipinski definition) is 1. The number of aromatic nitrogens is 1. The maximum absolute atomic E-state index is 13.1. The molecule has 0 bridgehead atoms. The van der Waals surface area contributed by atoms with E-state index in [1.165, 1.54) is 12.1 Å². The Morgan fingerprint density at radius 1 is 1.38 bits per heavy atom. The number of hydrogen-bond acceptors (Lipinski definition) is 3. The van der Waals surface area contributed by atoms with Gasteiger partial charge in [-0.05, 0) is 49.8 Å². The molecule has 1 saturated carbocycles. The van der Waals surface area contributed by atoms with Crippen molar-refractivity contribution >= 4 is 22.9 Å². The lowest BCUT2D eigenvalue weighted by molar-refractivity contribution is 0.247. The van der Waals surface area contributed by atoms with Crippen LogP contribution in [0.1, 0.15) is 37.6 Å². The SMILES string of the molecule is CC1CCC(N)(c2nc(-c3ccc(F)cc3Cl)cs2)CC1. The normalized spacial score (nSPS) is 26.0. The highest BCUT2D eigenvalue weighted by molar-refractivity contribution is 7.10. The zero-order chi connectivity index (χ0) is 15.0. The molecular weight excluding hydrogens is 307 g/mol. The predicted octanol–water partition coefficient (Wildman–Crippen LogP) is 4.97. The van der Waals surface area contributed by atoms with E-state index in [-0.39, 0.29) is 11.4 Å². The Bertz CT molecular complexity index is 647. The summed E-state index contributed by atoms with van der Waals surface area (Å²) in [5, 5.41) is 3.31. The number of thiazole rings is 1. The third-order valence-corrected chi connectivity index (χ3v) is 5.68. The molecule has 0 amide bonds. The van der Waals surface area contributed by atoms with Crippen LogP contribution < -0.4 is 5.73 Å². The summed E-state index contributed by atoms with van der Waals surface area (Å²) in [6.07, 6.45) is 4.22. The van der Waals surface area contributed by atoms with Crippen molar-refractivity contribution in [3.05, 3.63) is 39.4 Å². The molecule has 0 spiro atoms. The van der Waals surface area contributed by atoms with Crippen molar-refractivity contribution in [2.45, 2.75) is 38.1 Å². The number of rotatable bonds is 2. The highest BCUT2D eigenvalue weighted by atomic mass is 35.5. The molecule has 0 atom stereocenters. The zero-order valence-electron chi connectivity index (χ0n) is 11.9. The van der Waals surface area contributed by atoms with Gasteiger partial charge in [0.2, 0.25) is 0 Å². The summed E-state index contributed by atoms with van der Waals surface area (Å²) in [5.41, 5.74) is 7.77. The maximum Gasteiger partial charge on any atom is 0.124 e. The molecule has 2 aromatic rings. The van der Waals surface area contributed by atoms with Crippen LogP contribution in [0, 0.1) is 11.7 Å². The summed E-state index contributed by atoms with van der Waals surface area (Å²) >= 11 is 7.68. The Hall–Kier alpha value is -0.970. The fraction of sp³-hybridized carbons (Fsp3) is 0.438. The first-order valence-electron chi connectivity index (χ1n) is 7.18. The smallest absolute Gasteiger partial charge is 0.124 e. The molecule has 0 aliphatic heterocycles. The first kappa shape index (κ1) is 14.9. The van der Waals surface area contributed by atoms with Crippen LogP contribution in [-0.2, 0) is 5.54 Å². The van der Waals surface area contributed by atoms with Crippen molar-refractivity contribution in [1.29, 1.82) is 0 Å². The van der Waals surface area contributed by atoms with Crippen LogP contribution in [0.3, 0.4) is 0 Å². The van der Waals surface area contributed by atoms with Gasteiger partial charge in [0, 0.05) is 10.9 Å². The van der Waals surface area contributed by atoms with E-state index >= 15 is 0 Å². The molecule has 0 radical (unpaired) electrons. The third-order valence-electron chi connectivity index (χ3n) is 4.30. The largest absolute Gasteiger partial charge is 0.319 e. The molecule has 2 nitrogen and oxygen atoms in total. The van der Waals surface area contributed by atoms with E-state index in [1.54, 1.807) is 17.4 Å². The van der Waals surface area contributed by atoms with Crippen molar-refractivity contribution in [1.82, 2.24) is 4.98 Å². The first-order chi connectivity index (χ1) is 9.98. The Balaban J connectivity index is 1.89. The van der Waals surface area contributed by atoms with E-state index < -0.39 is 0 Å². The van der Waals surface area contributed by atoms with Crippen molar-refractivity contribution in [2.24, 2.45) is 11.7 Å². The lowest BCUT2D eigenvalue weighted by atomic mass is 9.78. The van der Waals surface area contributed by atoms with Crippen LogP contribution in [0.25, 0.3) is 11.3 Å². The van der Waals surface area contributed by atoms with Gasteiger partial charge in [0.25, 0.3) is 0 Å². The Labute approximate surface area is 133 Å². The maximum atomic E-state index is 13.1. The minimum Gasteiger partial charge on any atom is -0.319 e. The van der Waals surface area contributed by atoms with Crippen molar-refractivity contribution < 1.29 is 4.39 Å². The topological polar surface area (TPSA) is 38.9 Å². The second-order valence-electron chi connectivity index (χ2n) is 6.00. The molecule has 1 aromatic carbocycles. The quantitative estimate of drug-likeness (QED) is 0.847. The molecule has 1 aromatic heterocycles. The molecule has 5 heteroatoms. The van der Waals surface area contributed by atoms with Crippen molar-refractivity contribution in [2.75, 3.05) is 0 Å². The molecule has 21 heavy (non-hydrogen) atoms. The zero-order valence-corrected chi connectivity index (χ0v) is 13.5. The number of nitrogens with zero attached hydrogens (tertiary/aromatic N) is 1. The number of halogens is 2. The highest BCUT2D eigenvalue weighted by Gasteiger charge is 2.34. The van der Waals surface area contributed by atoms with Gasteiger partial charge in [0.15, 0.2) is 0 Å². The van der Waals surface area contributed by atoms with E-state index in [0.29, 0.717) is 5.02 Å². The summed E-state index contributed by atoms with van der Waals surface area (Å²) < 4.78 is 13.1. The van der Waals surface area contributed by atoms with E-state index in [9.17, 15) is 4.39 Å². The van der Waals surface area contributed by atoms with Crippen molar-refractivity contribution in [3.8, 4) is 11.3 Å². The van der Waals surface area contributed by atoms with Crippen LogP contribution >= 0.6 is 22.9 Å². The van der Waals surface area contributed by atoms with Gasteiger partial charge in [-0.25, -0.2) is 9.37 Å². The van der Waals surface area contributed by atoms with Gasteiger partial charge >= 0.3 is 0 Å². The van der Waals surface area contributed by atoms with E-state index in [0.717, 1.165) is 47.9 Å². The Morgan fingerprint density at radius 3 is 2.76 bits per heavy atom. The molecule has 0 saturated heterocycles. The van der Waals surface area contributed by atoms with E-state index in [1.807, 2.05) is 5.38 Å². The van der Waals surface area contributed by atoms with Gasteiger partial charge in [0.1, 0.15) is 10.8 Å². The second-order valence-corrected chi connectivity index (χ2v) is 7.27. The highest BCUT2D eigenvalue weighted by Crippen LogP contribution is 2.40. The van der Waals surface area contributed by atoms with E-state index in [4.69, 9.17) is 17.3 Å². The average molecular weight is 325 g/mol. The van der Waals surface area contributed by atoms with Crippen LogP contribution in [0.2, 0.25) is 5.02 Å². The molecule has 1 aliphatic rings. The van der Waals surface area contributed by atoms with Crippen molar-refractivity contribution in [3.63, 3.8) is 0 Å². The second kappa shape index (κ2) is 5.67. The third kappa shape index (κ3) is 2.98. The lowest BCUT2D eigenvalue weighted by Gasteiger charge is -2.34. The van der Waals surface area contributed by atoms with Gasteiger partial charge in [-0.1, -0.05) is 18.5 Å². The number of nitrogens with two attached hydrogens (primary N) is 1. The summed E-state index contributed by atoms with van der Waals surface area (Å²) in [5.74, 6) is 0.406. The van der Waals surface area contributed by atoms with Gasteiger partial charge in [-0.2, -0.15) is 0 Å². The van der Waals surface area contributed by atoms with Gasteiger partial charge in [-0.3, -0.25) is 0 Å². The molecule has 0 unspecified atom stereocenters. The monoisotopic (exact) mass is 324 g/mol. The summed E-state index contributed by atoms with van der Waals surface area (Å²) in [7, 11) is 0. The number of benzene rings is 1. The fourth-order valence-electron chi connectivity index (χ4n) is 2.81. The van der Waals surface area contributed by atoms with E-state index in [2.05, 4.69) is 11.9 Å². The van der Waals surface area contributed by atoms with Gasteiger partial charge in [0.05, 0.1) is 16.3 Å². The Kier molecular flexibility index (Phi) is 4.04. The summed E-state index contributed by atoms with van der Waals surface area (Å²) in [6.45, 7) is 2.27. The van der Waals surface area contributed by atoms with Gasteiger partial charge < -0.3 is 5.73 Å². The minimum absolute atomic E-state index is 0.318.